The maximum Gasteiger partial charge on any atom is 0.120 e. The molecule has 0 aromatic heterocycles. The van der Waals surface area contributed by atoms with Crippen molar-refractivity contribution < 1.29 is 9.84 Å². The Morgan fingerprint density at radius 3 is 3.06 bits per heavy atom. The average Bonchev–Trinajstić information content (AvgIpc) is 2.32. The lowest BCUT2D eigenvalue weighted by molar-refractivity contribution is 0.107. The Bertz CT molecular complexity index is 325. The van der Waals surface area contributed by atoms with Gasteiger partial charge in [-0.2, -0.15) is 11.8 Å². The number of halogens is 1. The molecule has 1 atom stereocenters. The van der Waals surface area contributed by atoms with Gasteiger partial charge < -0.3 is 15.2 Å². The zero-order valence-electron chi connectivity index (χ0n) is 9.86. The van der Waals surface area contributed by atoms with Gasteiger partial charge in [0, 0.05) is 23.3 Å². The molecule has 3 nitrogen and oxygen atoms in total. The number of thioether (sulfide) groups is 1. The molecule has 1 aromatic carbocycles. The van der Waals surface area contributed by atoms with E-state index in [1.807, 2.05) is 24.3 Å². The Kier molecular flexibility index (Phi) is 7.68. The fraction of sp³-hybridized carbons (Fsp3) is 0.500. The largest absolute Gasteiger partial charge is 0.491 e. The van der Waals surface area contributed by atoms with Crippen LogP contribution in [-0.4, -0.2) is 42.9 Å². The smallest absolute Gasteiger partial charge is 0.120 e. The number of rotatable bonds is 8. The summed E-state index contributed by atoms with van der Waals surface area (Å²) in [5.41, 5.74) is 0. The molecule has 0 fully saturated rings. The van der Waals surface area contributed by atoms with Gasteiger partial charge in [0.25, 0.3) is 0 Å². The summed E-state index contributed by atoms with van der Waals surface area (Å²) in [6.45, 7) is 1.78. The first-order chi connectivity index (χ1) is 8.22. The molecule has 17 heavy (non-hydrogen) atoms. The Morgan fingerprint density at radius 2 is 2.35 bits per heavy atom. The van der Waals surface area contributed by atoms with E-state index in [1.165, 1.54) is 0 Å². The summed E-state index contributed by atoms with van der Waals surface area (Å²) in [4.78, 5) is 0. The van der Waals surface area contributed by atoms with Crippen molar-refractivity contribution >= 4 is 27.7 Å². The highest BCUT2D eigenvalue weighted by molar-refractivity contribution is 9.10. The predicted molar refractivity (Wildman–Crippen MR) is 76.9 cm³/mol. The highest BCUT2D eigenvalue weighted by Gasteiger charge is 2.04. The van der Waals surface area contributed by atoms with Gasteiger partial charge >= 0.3 is 0 Å². The lowest BCUT2D eigenvalue weighted by atomic mass is 10.3. The lowest BCUT2D eigenvalue weighted by Gasteiger charge is -2.13. The van der Waals surface area contributed by atoms with E-state index in [1.54, 1.807) is 11.8 Å². The second-order valence-corrected chi connectivity index (χ2v) is 5.52. The zero-order chi connectivity index (χ0) is 12.5. The molecule has 0 radical (unpaired) electrons. The Hall–Kier alpha value is -0.230. The zero-order valence-corrected chi connectivity index (χ0v) is 12.3. The van der Waals surface area contributed by atoms with E-state index in [0.717, 1.165) is 22.5 Å². The van der Waals surface area contributed by atoms with Crippen molar-refractivity contribution in [2.24, 2.45) is 0 Å². The summed E-state index contributed by atoms with van der Waals surface area (Å²) in [6.07, 6.45) is 1.59. The molecule has 96 valence electrons. The van der Waals surface area contributed by atoms with Crippen molar-refractivity contribution in [3.63, 3.8) is 0 Å². The third-order valence-electron chi connectivity index (χ3n) is 2.10. The summed E-state index contributed by atoms with van der Waals surface area (Å²) in [5, 5.41) is 12.8. The molecule has 1 aromatic rings. The van der Waals surface area contributed by atoms with E-state index in [9.17, 15) is 5.11 Å². The Morgan fingerprint density at radius 1 is 1.53 bits per heavy atom. The first-order valence-electron chi connectivity index (χ1n) is 5.48. The van der Waals surface area contributed by atoms with Crippen molar-refractivity contribution in [2.45, 2.75) is 6.10 Å². The first kappa shape index (κ1) is 14.8. The van der Waals surface area contributed by atoms with Crippen molar-refractivity contribution in [3.8, 4) is 5.75 Å². The van der Waals surface area contributed by atoms with E-state index >= 15 is 0 Å². The van der Waals surface area contributed by atoms with Gasteiger partial charge in [-0.3, -0.25) is 0 Å². The van der Waals surface area contributed by atoms with Crippen LogP contribution in [0.1, 0.15) is 0 Å². The van der Waals surface area contributed by atoms with Crippen molar-refractivity contribution in [1.82, 2.24) is 5.32 Å². The predicted octanol–water partition coefficient (Wildman–Crippen LogP) is 2.14. The molecular weight excluding hydrogens is 302 g/mol. The highest BCUT2D eigenvalue weighted by Crippen LogP contribution is 2.17. The summed E-state index contributed by atoms with van der Waals surface area (Å²) in [6, 6.07) is 7.60. The first-order valence-corrected chi connectivity index (χ1v) is 7.67. The number of nitrogens with one attached hydrogen (secondary N) is 1. The summed E-state index contributed by atoms with van der Waals surface area (Å²) >= 11 is 5.16. The molecule has 1 unspecified atom stereocenters. The van der Waals surface area contributed by atoms with E-state index in [2.05, 4.69) is 27.5 Å². The number of hydrogen-bond donors (Lipinski definition) is 2. The average molecular weight is 320 g/mol. The molecule has 1 rings (SSSR count). The molecule has 0 aliphatic rings. The van der Waals surface area contributed by atoms with Crippen LogP contribution in [0.2, 0.25) is 0 Å². The van der Waals surface area contributed by atoms with E-state index in [4.69, 9.17) is 4.74 Å². The van der Waals surface area contributed by atoms with Gasteiger partial charge in [0.2, 0.25) is 0 Å². The number of ether oxygens (including phenoxy) is 1. The number of hydrogen-bond acceptors (Lipinski definition) is 4. The maximum absolute atomic E-state index is 9.67. The molecule has 0 amide bonds. The quantitative estimate of drug-likeness (QED) is 0.720. The van der Waals surface area contributed by atoms with Crippen LogP contribution in [0.3, 0.4) is 0 Å². The summed E-state index contributed by atoms with van der Waals surface area (Å²) in [7, 11) is 0. The third kappa shape index (κ3) is 6.93. The maximum atomic E-state index is 9.67. The highest BCUT2D eigenvalue weighted by atomic mass is 79.9. The Labute approximate surface area is 115 Å². The minimum Gasteiger partial charge on any atom is -0.491 e. The van der Waals surface area contributed by atoms with Gasteiger partial charge in [-0.25, -0.2) is 0 Å². The van der Waals surface area contributed by atoms with Crippen LogP contribution < -0.4 is 10.1 Å². The number of aliphatic hydroxyl groups is 1. The van der Waals surface area contributed by atoms with E-state index < -0.39 is 6.10 Å². The molecule has 0 aliphatic heterocycles. The molecule has 0 saturated heterocycles. The van der Waals surface area contributed by atoms with Gasteiger partial charge in [0.15, 0.2) is 0 Å². The molecular formula is C12H18BrNO2S. The van der Waals surface area contributed by atoms with Gasteiger partial charge in [-0.15, -0.1) is 0 Å². The number of aliphatic hydroxyl groups excluding tert-OH is 1. The summed E-state index contributed by atoms with van der Waals surface area (Å²) in [5.74, 6) is 1.82. The van der Waals surface area contributed by atoms with Crippen molar-refractivity contribution in [1.29, 1.82) is 0 Å². The molecule has 0 heterocycles. The second kappa shape index (κ2) is 8.80. The third-order valence-corrected chi connectivity index (χ3v) is 3.21. The van der Waals surface area contributed by atoms with Gasteiger partial charge in [-0.05, 0) is 24.5 Å². The van der Waals surface area contributed by atoms with Crippen LogP contribution in [0.15, 0.2) is 28.7 Å². The second-order valence-electron chi connectivity index (χ2n) is 3.62. The van der Waals surface area contributed by atoms with Crippen LogP contribution in [-0.2, 0) is 0 Å². The van der Waals surface area contributed by atoms with Crippen molar-refractivity contribution in [2.75, 3.05) is 31.7 Å². The van der Waals surface area contributed by atoms with Crippen LogP contribution in [0.4, 0.5) is 0 Å². The lowest BCUT2D eigenvalue weighted by Crippen LogP contribution is -2.32. The normalized spacial score (nSPS) is 12.4. The van der Waals surface area contributed by atoms with Crippen molar-refractivity contribution in [3.05, 3.63) is 28.7 Å². The fourth-order valence-electron chi connectivity index (χ4n) is 1.25. The van der Waals surface area contributed by atoms with Gasteiger partial charge in [0.1, 0.15) is 18.5 Å². The number of benzene rings is 1. The fourth-order valence-corrected chi connectivity index (χ4v) is 1.98. The van der Waals surface area contributed by atoms with E-state index in [-0.39, 0.29) is 0 Å². The van der Waals surface area contributed by atoms with Gasteiger partial charge in [0.05, 0.1) is 0 Å². The molecule has 0 aliphatic carbocycles. The minimum absolute atomic E-state index is 0.308. The standard InChI is InChI=1S/C12H18BrNO2S/c1-17-6-5-14-8-11(15)9-16-12-4-2-3-10(13)7-12/h2-4,7,11,14-15H,5-6,8-9H2,1H3. The van der Waals surface area contributed by atoms with Gasteiger partial charge in [-0.1, -0.05) is 22.0 Å². The van der Waals surface area contributed by atoms with Crippen LogP contribution in [0, 0.1) is 0 Å². The van der Waals surface area contributed by atoms with E-state index in [0.29, 0.717) is 13.2 Å². The van der Waals surface area contributed by atoms with Crippen LogP contribution >= 0.6 is 27.7 Å². The molecule has 0 spiro atoms. The van der Waals surface area contributed by atoms with Crippen LogP contribution in [0.25, 0.3) is 0 Å². The topological polar surface area (TPSA) is 41.5 Å². The molecule has 5 heteroatoms. The molecule has 0 bridgehead atoms. The van der Waals surface area contributed by atoms with Crippen LogP contribution in [0.5, 0.6) is 5.75 Å². The summed E-state index contributed by atoms with van der Waals surface area (Å²) < 4.78 is 6.46. The Balaban J connectivity index is 2.17. The SMILES string of the molecule is CSCCNCC(O)COc1cccc(Br)c1. The molecule has 0 saturated carbocycles. The monoisotopic (exact) mass is 319 g/mol. The molecule has 2 N–H and O–H groups in total. The minimum atomic E-state index is -0.476.